The van der Waals surface area contributed by atoms with Crippen molar-refractivity contribution < 1.29 is 9.53 Å². The van der Waals surface area contributed by atoms with Crippen LogP contribution in [0.5, 0.6) is 0 Å². The molecule has 0 atom stereocenters. The highest BCUT2D eigenvalue weighted by molar-refractivity contribution is 5.87. The fourth-order valence-electron chi connectivity index (χ4n) is 2.20. The largest absolute Gasteiger partial charge is 0.372 e. The van der Waals surface area contributed by atoms with Crippen molar-refractivity contribution >= 4 is 6.29 Å². The first-order valence-corrected chi connectivity index (χ1v) is 5.62. The van der Waals surface area contributed by atoms with E-state index in [2.05, 4.69) is 18.2 Å². The summed E-state index contributed by atoms with van der Waals surface area (Å²) in [7, 11) is 0. The van der Waals surface area contributed by atoms with Crippen molar-refractivity contribution in [3.8, 4) is 11.1 Å². The molecule has 1 aliphatic heterocycles. The van der Waals surface area contributed by atoms with Gasteiger partial charge in [-0.3, -0.25) is 4.79 Å². The first-order chi connectivity index (χ1) is 8.38. The van der Waals surface area contributed by atoms with Crippen LogP contribution in [0.25, 0.3) is 11.1 Å². The first kappa shape index (κ1) is 10.2. The zero-order valence-electron chi connectivity index (χ0n) is 9.35. The van der Waals surface area contributed by atoms with Gasteiger partial charge >= 0.3 is 0 Å². The molecule has 2 heteroatoms. The van der Waals surface area contributed by atoms with Crippen LogP contribution in [0.1, 0.15) is 21.5 Å². The Morgan fingerprint density at radius 1 is 1.00 bits per heavy atom. The topological polar surface area (TPSA) is 26.3 Å². The number of carbonyl (C=O) groups excluding carboxylic acids is 1. The molecule has 0 aromatic heterocycles. The van der Waals surface area contributed by atoms with E-state index in [4.69, 9.17) is 4.74 Å². The van der Waals surface area contributed by atoms with Crippen LogP contribution in [0.2, 0.25) is 0 Å². The lowest BCUT2D eigenvalue weighted by atomic mass is 9.97. The molecule has 3 rings (SSSR count). The Morgan fingerprint density at radius 2 is 1.82 bits per heavy atom. The van der Waals surface area contributed by atoms with Crippen molar-refractivity contribution in [2.75, 3.05) is 0 Å². The summed E-state index contributed by atoms with van der Waals surface area (Å²) in [5.74, 6) is 0. The van der Waals surface area contributed by atoms with Gasteiger partial charge < -0.3 is 4.74 Å². The molecule has 2 aromatic rings. The van der Waals surface area contributed by atoms with Gasteiger partial charge in [-0.2, -0.15) is 0 Å². The van der Waals surface area contributed by atoms with E-state index in [-0.39, 0.29) is 0 Å². The Morgan fingerprint density at radius 3 is 2.71 bits per heavy atom. The predicted molar refractivity (Wildman–Crippen MR) is 65.8 cm³/mol. The number of fused-ring (bicyclic) bond motifs is 1. The zero-order chi connectivity index (χ0) is 11.7. The summed E-state index contributed by atoms with van der Waals surface area (Å²) in [6, 6.07) is 13.9. The number of ether oxygens (including phenoxy) is 1. The minimum Gasteiger partial charge on any atom is -0.372 e. The Balaban J connectivity index is 2.12. The van der Waals surface area contributed by atoms with Gasteiger partial charge in [0.2, 0.25) is 0 Å². The van der Waals surface area contributed by atoms with E-state index >= 15 is 0 Å². The van der Waals surface area contributed by atoms with E-state index in [0.717, 1.165) is 23.0 Å². The molecule has 2 nitrogen and oxygen atoms in total. The van der Waals surface area contributed by atoms with Crippen molar-refractivity contribution in [2.24, 2.45) is 0 Å². The molecule has 0 unspecified atom stereocenters. The third-order valence-corrected chi connectivity index (χ3v) is 3.12. The monoisotopic (exact) mass is 224 g/mol. The molecule has 0 N–H and O–H groups in total. The molecule has 1 aliphatic rings. The molecule has 0 bridgehead atoms. The van der Waals surface area contributed by atoms with Gasteiger partial charge in [-0.25, -0.2) is 0 Å². The normalized spacial score (nSPS) is 13.4. The summed E-state index contributed by atoms with van der Waals surface area (Å²) in [4.78, 5) is 11.0. The average Bonchev–Trinajstić information content (AvgIpc) is 2.85. The van der Waals surface area contributed by atoms with Gasteiger partial charge in [0.05, 0.1) is 13.2 Å². The fraction of sp³-hybridized carbons (Fsp3) is 0.133. The number of hydrogen-bond acceptors (Lipinski definition) is 2. The second kappa shape index (κ2) is 4.15. The summed E-state index contributed by atoms with van der Waals surface area (Å²) in [5, 5.41) is 0. The maximum absolute atomic E-state index is 11.0. The van der Waals surface area contributed by atoms with Gasteiger partial charge in [0.1, 0.15) is 0 Å². The van der Waals surface area contributed by atoms with E-state index in [1.165, 1.54) is 11.1 Å². The van der Waals surface area contributed by atoms with Gasteiger partial charge in [-0.1, -0.05) is 36.4 Å². The smallest absolute Gasteiger partial charge is 0.150 e. The van der Waals surface area contributed by atoms with Crippen LogP contribution >= 0.6 is 0 Å². The second-order valence-corrected chi connectivity index (χ2v) is 4.18. The zero-order valence-corrected chi connectivity index (χ0v) is 9.35. The molecular formula is C15H12O2. The van der Waals surface area contributed by atoms with Crippen molar-refractivity contribution in [2.45, 2.75) is 13.2 Å². The summed E-state index contributed by atoms with van der Waals surface area (Å²) in [6.07, 6.45) is 0.902. The molecule has 0 saturated carbocycles. The molecule has 0 spiro atoms. The van der Waals surface area contributed by atoms with Crippen LogP contribution < -0.4 is 0 Å². The summed E-state index contributed by atoms with van der Waals surface area (Å²) >= 11 is 0. The second-order valence-electron chi connectivity index (χ2n) is 4.18. The van der Waals surface area contributed by atoms with Crippen molar-refractivity contribution in [3.63, 3.8) is 0 Å². The number of benzene rings is 2. The fourth-order valence-corrected chi connectivity index (χ4v) is 2.20. The highest BCUT2D eigenvalue weighted by Crippen LogP contribution is 2.28. The average molecular weight is 224 g/mol. The van der Waals surface area contributed by atoms with Crippen molar-refractivity contribution in [1.82, 2.24) is 0 Å². The van der Waals surface area contributed by atoms with Crippen LogP contribution in [-0.2, 0) is 18.0 Å². The molecule has 0 aliphatic carbocycles. The lowest BCUT2D eigenvalue weighted by Gasteiger charge is -2.06. The van der Waals surface area contributed by atoms with Gasteiger partial charge in [-0.05, 0) is 28.3 Å². The molecule has 0 radical (unpaired) electrons. The lowest BCUT2D eigenvalue weighted by Crippen LogP contribution is -1.89. The van der Waals surface area contributed by atoms with Crippen LogP contribution in [0, 0.1) is 0 Å². The Bertz CT molecular complexity index is 573. The van der Waals surface area contributed by atoms with Crippen molar-refractivity contribution in [3.05, 3.63) is 59.2 Å². The van der Waals surface area contributed by atoms with Gasteiger partial charge in [0.15, 0.2) is 6.29 Å². The maximum Gasteiger partial charge on any atom is 0.150 e. The van der Waals surface area contributed by atoms with Crippen LogP contribution in [-0.4, -0.2) is 6.29 Å². The Kier molecular flexibility index (Phi) is 2.50. The van der Waals surface area contributed by atoms with E-state index in [1.54, 1.807) is 0 Å². The molecular weight excluding hydrogens is 212 g/mol. The van der Waals surface area contributed by atoms with E-state index in [0.29, 0.717) is 13.2 Å². The number of rotatable bonds is 2. The van der Waals surface area contributed by atoms with Crippen molar-refractivity contribution in [1.29, 1.82) is 0 Å². The van der Waals surface area contributed by atoms with E-state index < -0.39 is 0 Å². The van der Waals surface area contributed by atoms with Crippen LogP contribution in [0.4, 0.5) is 0 Å². The number of aldehydes is 1. The summed E-state index contributed by atoms with van der Waals surface area (Å²) in [5.41, 5.74) is 5.26. The predicted octanol–water partition coefficient (Wildman–Crippen LogP) is 3.20. The molecule has 0 fully saturated rings. The number of hydrogen-bond donors (Lipinski definition) is 0. The maximum atomic E-state index is 11.0. The summed E-state index contributed by atoms with van der Waals surface area (Å²) < 4.78 is 5.39. The Labute approximate surface area is 99.9 Å². The highest BCUT2D eigenvalue weighted by Gasteiger charge is 2.12. The molecule has 0 saturated heterocycles. The third kappa shape index (κ3) is 1.77. The molecule has 2 aromatic carbocycles. The summed E-state index contributed by atoms with van der Waals surface area (Å²) in [6.45, 7) is 1.37. The Hall–Kier alpha value is -1.93. The minimum atomic E-state index is 0.673. The highest BCUT2D eigenvalue weighted by atomic mass is 16.5. The lowest BCUT2D eigenvalue weighted by molar-refractivity contribution is 0.112. The quantitative estimate of drug-likeness (QED) is 0.732. The third-order valence-electron chi connectivity index (χ3n) is 3.12. The molecule has 0 amide bonds. The van der Waals surface area contributed by atoms with Gasteiger partial charge in [0, 0.05) is 5.56 Å². The van der Waals surface area contributed by atoms with E-state index in [9.17, 15) is 4.79 Å². The minimum absolute atomic E-state index is 0.673. The van der Waals surface area contributed by atoms with Crippen LogP contribution in [0.3, 0.4) is 0 Å². The SMILES string of the molecule is O=Cc1ccccc1-c1ccc2c(c1)COC2. The molecule has 17 heavy (non-hydrogen) atoms. The van der Waals surface area contributed by atoms with E-state index in [1.807, 2.05) is 24.3 Å². The van der Waals surface area contributed by atoms with Crippen LogP contribution in [0.15, 0.2) is 42.5 Å². The van der Waals surface area contributed by atoms with Gasteiger partial charge in [0.25, 0.3) is 0 Å². The number of carbonyl (C=O) groups is 1. The first-order valence-electron chi connectivity index (χ1n) is 5.62. The standard InChI is InChI=1S/C15H12O2/c16-8-12-3-1-2-4-15(12)11-5-6-13-9-17-10-14(13)7-11/h1-8H,9-10H2. The molecule has 84 valence electrons. The molecule has 1 heterocycles. The van der Waals surface area contributed by atoms with Gasteiger partial charge in [-0.15, -0.1) is 0 Å².